The van der Waals surface area contributed by atoms with Crippen molar-refractivity contribution in [2.75, 3.05) is 6.54 Å². The van der Waals surface area contributed by atoms with Gasteiger partial charge in [0.15, 0.2) is 0 Å². The monoisotopic (exact) mass is 206 g/mol. The van der Waals surface area contributed by atoms with E-state index in [0.717, 1.165) is 31.6 Å². The second-order valence-corrected chi connectivity index (χ2v) is 3.73. The van der Waals surface area contributed by atoms with Gasteiger partial charge in [0, 0.05) is 18.9 Å². The second-order valence-electron chi connectivity index (χ2n) is 3.73. The van der Waals surface area contributed by atoms with Gasteiger partial charge in [0.25, 0.3) is 0 Å². The molecule has 0 bridgehead atoms. The molecule has 15 heavy (non-hydrogen) atoms. The molecule has 0 amide bonds. The van der Waals surface area contributed by atoms with Gasteiger partial charge in [-0.2, -0.15) is 5.26 Å². The Morgan fingerprint density at radius 2 is 2.47 bits per heavy atom. The molecule has 0 saturated heterocycles. The van der Waals surface area contributed by atoms with E-state index >= 15 is 0 Å². The van der Waals surface area contributed by atoms with Crippen molar-refractivity contribution < 1.29 is 4.42 Å². The Morgan fingerprint density at radius 3 is 3.13 bits per heavy atom. The van der Waals surface area contributed by atoms with Crippen molar-refractivity contribution in [2.24, 2.45) is 0 Å². The summed E-state index contributed by atoms with van der Waals surface area (Å²) in [4.78, 5) is 0. The molecule has 0 saturated carbocycles. The SMILES string of the molecule is CC(CCc1ccco1)NCCCC#N. The summed E-state index contributed by atoms with van der Waals surface area (Å²) in [5, 5.41) is 11.8. The number of nitriles is 1. The van der Waals surface area contributed by atoms with E-state index in [1.165, 1.54) is 0 Å². The van der Waals surface area contributed by atoms with Gasteiger partial charge >= 0.3 is 0 Å². The summed E-state index contributed by atoms with van der Waals surface area (Å²) < 4.78 is 5.26. The first-order valence-electron chi connectivity index (χ1n) is 5.45. The minimum Gasteiger partial charge on any atom is -0.469 e. The lowest BCUT2D eigenvalue weighted by atomic mass is 10.1. The van der Waals surface area contributed by atoms with E-state index in [0.29, 0.717) is 12.5 Å². The zero-order valence-electron chi connectivity index (χ0n) is 9.20. The van der Waals surface area contributed by atoms with Crippen LogP contribution in [0.5, 0.6) is 0 Å². The summed E-state index contributed by atoms with van der Waals surface area (Å²) in [6, 6.07) is 6.54. The van der Waals surface area contributed by atoms with Crippen LogP contribution in [0.3, 0.4) is 0 Å². The number of rotatable bonds is 7. The largest absolute Gasteiger partial charge is 0.469 e. The van der Waals surface area contributed by atoms with E-state index in [2.05, 4.69) is 18.3 Å². The standard InChI is InChI=1S/C12H18N2O/c1-11(14-9-3-2-8-13)6-7-12-5-4-10-15-12/h4-5,10-11,14H,2-3,6-7,9H2,1H3. The number of aryl methyl sites for hydroxylation is 1. The Kier molecular flexibility index (Phi) is 5.57. The fraction of sp³-hybridized carbons (Fsp3) is 0.583. The van der Waals surface area contributed by atoms with E-state index < -0.39 is 0 Å². The van der Waals surface area contributed by atoms with Gasteiger partial charge in [-0.05, 0) is 38.4 Å². The van der Waals surface area contributed by atoms with Crippen LogP contribution in [0.4, 0.5) is 0 Å². The Labute approximate surface area is 91.1 Å². The highest BCUT2D eigenvalue weighted by molar-refractivity contribution is 4.98. The van der Waals surface area contributed by atoms with Gasteiger partial charge in [-0.15, -0.1) is 0 Å². The summed E-state index contributed by atoms with van der Waals surface area (Å²) in [5.41, 5.74) is 0. The van der Waals surface area contributed by atoms with Crippen LogP contribution < -0.4 is 5.32 Å². The molecule has 0 aliphatic rings. The van der Waals surface area contributed by atoms with Crippen molar-refractivity contribution >= 4 is 0 Å². The minimum atomic E-state index is 0.480. The van der Waals surface area contributed by atoms with Gasteiger partial charge in [-0.25, -0.2) is 0 Å². The highest BCUT2D eigenvalue weighted by Crippen LogP contribution is 2.05. The van der Waals surface area contributed by atoms with Crippen LogP contribution in [0.2, 0.25) is 0 Å². The van der Waals surface area contributed by atoms with Crippen molar-refractivity contribution in [2.45, 2.75) is 38.6 Å². The van der Waals surface area contributed by atoms with Crippen LogP contribution in [0.15, 0.2) is 22.8 Å². The first kappa shape index (κ1) is 11.8. The molecule has 0 aliphatic heterocycles. The molecule has 1 aromatic rings. The van der Waals surface area contributed by atoms with Crippen molar-refractivity contribution in [3.05, 3.63) is 24.2 Å². The fourth-order valence-corrected chi connectivity index (χ4v) is 1.43. The first-order chi connectivity index (χ1) is 7.33. The molecule has 1 N–H and O–H groups in total. The van der Waals surface area contributed by atoms with E-state index in [1.54, 1.807) is 6.26 Å². The van der Waals surface area contributed by atoms with Crippen LogP contribution in [0.1, 0.15) is 31.9 Å². The number of nitrogens with one attached hydrogen (secondary N) is 1. The van der Waals surface area contributed by atoms with E-state index in [1.807, 2.05) is 12.1 Å². The van der Waals surface area contributed by atoms with Gasteiger partial charge < -0.3 is 9.73 Å². The van der Waals surface area contributed by atoms with Crippen molar-refractivity contribution in [3.8, 4) is 6.07 Å². The third-order valence-corrected chi connectivity index (χ3v) is 2.36. The van der Waals surface area contributed by atoms with Gasteiger partial charge in [0.1, 0.15) is 5.76 Å². The summed E-state index contributed by atoms with van der Waals surface area (Å²) in [7, 11) is 0. The molecule has 0 fully saturated rings. The van der Waals surface area contributed by atoms with E-state index in [9.17, 15) is 0 Å². The maximum absolute atomic E-state index is 8.37. The number of furan rings is 1. The number of hydrogen-bond acceptors (Lipinski definition) is 3. The van der Waals surface area contributed by atoms with Crippen LogP contribution in [-0.4, -0.2) is 12.6 Å². The van der Waals surface area contributed by atoms with E-state index in [4.69, 9.17) is 9.68 Å². The predicted molar refractivity (Wildman–Crippen MR) is 59.3 cm³/mol. The van der Waals surface area contributed by atoms with Crippen LogP contribution >= 0.6 is 0 Å². The van der Waals surface area contributed by atoms with Gasteiger partial charge in [0.05, 0.1) is 12.3 Å². The Bertz CT molecular complexity index is 287. The second kappa shape index (κ2) is 7.08. The first-order valence-corrected chi connectivity index (χ1v) is 5.45. The molecule has 0 aliphatic carbocycles. The highest BCUT2D eigenvalue weighted by Gasteiger charge is 2.02. The molecule has 3 nitrogen and oxygen atoms in total. The Hall–Kier alpha value is -1.27. The van der Waals surface area contributed by atoms with Crippen LogP contribution in [0, 0.1) is 11.3 Å². The molecule has 0 radical (unpaired) electrons. The quantitative estimate of drug-likeness (QED) is 0.697. The molecule has 1 atom stereocenters. The zero-order chi connectivity index (χ0) is 10.9. The van der Waals surface area contributed by atoms with E-state index in [-0.39, 0.29) is 0 Å². The lowest BCUT2D eigenvalue weighted by Gasteiger charge is -2.11. The highest BCUT2D eigenvalue weighted by atomic mass is 16.3. The van der Waals surface area contributed by atoms with Gasteiger partial charge in [-0.3, -0.25) is 0 Å². The van der Waals surface area contributed by atoms with Gasteiger partial charge in [-0.1, -0.05) is 0 Å². The molecule has 1 aromatic heterocycles. The molecule has 1 heterocycles. The smallest absolute Gasteiger partial charge is 0.103 e. The average Bonchev–Trinajstić information content (AvgIpc) is 2.74. The van der Waals surface area contributed by atoms with Gasteiger partial charge in [0.2, 0.25) is 0 Å². The summed E-state index contributed by atoms with van der Waals surface area (Å²) in [6.07, 6.45) is 5.32. The van der Waals surface area contributed by atoms with Crippen molar-refractivity contribution in [1.82, 2.24) is 5.32 Å². The topological polar surface area (TPSA) is 49.0 Å². The molecule has 0 aromatic carbocycles. The average molecular weight is 206 g/mol. The predicted octanol–water partition coefficient (Wildman–Crippen LogP) is 2.49. The number of hydrogen-bond donors (Lipinski definition) is 1. The lowest BCUT2D eigenvalue weighted by molar-refractivity contribution is 0.459. The van der Waals surface area contributed by atoms with Crippen LogP contribution in [-0.2, 0) is 6.42 Å². The third-order valence-electron chi connectivity index (χ3n) is 2.36. The molecule has 82 valence electrons. The summed E-state index contributed by atoms with van der Waals surface area (Å²) in [6.45, 7) is 3.09. The van der Waals surface area contributed by atoms with Crippen LogP contribution in [0.25, 0.3) is 0 Å². The molecule has 0 spiro atoms. The maximum atomic E-state index is 8.37. The number of nitrogens with zero attached hydrogens (tertiary/aromatic N) is 1. The van der Waals surface area contributed by atoms with Crippen molar-refractivity contribution in [3.63, 3.8) is 0 Å². The molecular weight excluding hydrogens is 188 g/mol. The Morgan fingerprint density at radius 1 is 1.60 bits per heavy atom. The zero-order valence-corrected chi connectivity index (χ0v) is 9.20. The molecule has 1 rings (SSSR count). The fourth-order valence-electron chi connectivity index (χ4n) is 1.43. The lowest BCUT2D eigenvalue weighted by Crippen LogP contribution is -2.27. The molecule has 1 unspecified atom stereocenters. The Balaban J connectivity index is 2.04. The molecular formula is C12H18N2O. The summed E-state index contributed by atoms with van der Waals surface area (Å²) >= 11 is 0. The van der Waals surface area contributed by atoms with Crippen molar-refractivity contribution in [1.29, 1.82) is 5.26 Å². The number of unbranched alkanes of at least 4 members (excludes halogenated alkanes) is 1. The normalized spacial score (nSPS) is 12.3. The third kappa shape index (κ3) is 5.24. The minimum absolute atomic E-state index is 0.480. The molecule has 3 heteroatoms. The summed E-state index contributed by atoms with van der Waals surface area (Å²) in [5.74, 6) is 1.04. The maximum Gasteiger partial charge on any atom is 0.103 e.